The molecule has 0 spiro atoms. The summed E-state index contributed by atoms with van der Waals surface area (Å²) in [6, 6.07) is 2.23. The van der Waals surface area contributed by atoms with E-state index in [2.05, 4.69) is 32.9 Å². The molecule has 0 amide bonds. The molecule has 2 heterocycles. The van der Waals surface area contributed by atoms with Crippen LogP contribution < -0.4 is 10.6 Å². The van der Waals surface area contributed by atoms with Crippen molar-refractivity contribution in [3.63, 3.8) is 0 Å². The van der Waals surface area contributed by atoms with Crippen LogP contribution in [0.5, 0.6) is 0 Å². The Kier molecular flexibility index (Phi) is 3.58. The van der Waals surface area contributed by atoms with Crippen molar-refractivity contribution in [2.75, 3.05) is 17.7 Å². The van der Waals surface area contributed by atoms with E-state index in [1.165, 1.54) is 0 Å². The van der Waals surface area contributed by atoms with Gasteiger partial charge in [0.1, 0.15) is 5.01 Å². The number of pyridine rings is 1. The average molecular weight is 248 g/mol. The molecule has 2 rings (SSSR count). The second kappa shape index (κ2) is 5.14. The number of nitrogens with zero attached hydrogens (tertiary/aromatic N) is 2. The lowest BCUT2D eigenvalue weighted by atomic mass is 10.3. The monoisotopic (exact) mass is 248 g/mol. The summed E-state index contributed by atoms with van der Waals surface area (Å²) in [5.41, 5.74) is 3.07. The molecule has 0 fully saturated rings. The summed E-state index contributed by atoms with van der Waals surface area (Å²) in [7, 11) is 1.88. The first-order valence-electron chi connectivity index (χ1n) is 5.50. The van der Waals surface area contributed by atoms with Gasteiger partial charge in [-0.25, -0.2) is 4.98 Å². The van der Waals surface area contributed by atoms with Crippen molar-refractivity contribution in [3.8, 4) is 0 Å². The molecule has 0 bridgehead atoms. The SMILES string of the molecule is CNc1cncc(NC(C)c2nc(C)cs2)c1. The Bertz CT molecular complexity index is 495. The minimum Gasteiger partial charge on any atom is -0.387 e. The molecule has 4 nitrogen and oxygen atoms in total. The zero-order chi connectivity index (χ0) is 12.3. The molecule has 0 saturated heterocycles. The maximum absolute atomic E-state index is 4.47. The molecule has 0 aliphatic heterocycles. The van der Waals surface area contributed by atoms with Gasteiger partial charge in [-0.05, 0) is 19.9 Å². The van der Waals surface area contributed by atoms with E-state index in [0.717, 1.165) is 22.1 Å². The third kappa shape index (κ3) is 2.94. The van der Waals surface area contributed by atoms with Crippen LogP contribution in [0.25, 0.3) is 0 Å². The molecule has 0 saturated carbocycles. The van der Waals surface area contributed by atoms with Crippen LogP contribution in [0.3, 0.4) is 0 Å². The number of rotatable bonds is 4. The topological polar surface area (TPSA) is 49.8 Å². The molecule has 1 unspecified atom stereocenters. The van der Waals surface area contributed by atoms with Gasteiger partial charge in [0.05, 0.1) is 29.8 Å². The first kappa shape index (κ1) is 11.9. The van der Waals surface area contributed by atoms with Gasteiger partial charge in [-0.15, -0.1) is 11.3 Å². The fourth-order valence-corrected chi connectivity index (χ4v) is 2.34. The lowest BCUT2D eigenvalue weighted by Gasteiger charge is -2.13. The van der Waals surface area contributed by atoms with Crippen molar-refractivity contribution < 1.29 is 0 Å². The van der Waals surface area contributed by atoms with Crippen LogP contribution in [0.1, 0.15) is 23.7 Å². The zero-order valence-corrected chi connectivity index (χ0v) is 11.0. The van der Waals surface area contributed by atoms with Crippen molar-refractivity contribution >= 4 is 22.7 Å². The Morgan fingerprint density at radius 2 is 2.06 bits per heavy atom. The van der Waals surface area contributed by atoms with E-state index in [4.69, 9.17) is 0 Å². The Morgan fingerprint density at radius 3 is 2.71 bits per heavy atom. The third-order valence-electron chi connectivity index (χ3n) is 2.42. The lowest BCUT2D eigenvalue weighted by Crippen LogP contribution is -2.06. The molecular formula is C12H16N4S. The highest BCUT2D eigenvalue weighted by molar-refractivity contribution is 7.09. The summed E-state index contributed by atoms with van der Waals surface area (Å²) < 4.78 is 0. The molecule has 0 aliphatic rings. The highest BCUT2D eigenvalue weighted by atomic mass is 32.1. The molecule has 1 atom stereocenters. The van der Waals surface area contributed by atoms with E-state index in [1.807, 2.05) is 26.2 Å². The van der Waals surface area contributed by atoms with E-state index in [-0.39, 0.29) is 6.04 Å². The van der Waals surface area contributed by atoms with Gasteiger partial charge < -0.3 is 10.6 Å². The van der Waals surface area contributed by atoms with Crippen molar-refractivity contribution in [1.82, 2.24) is 9.97 Å². The normalized spacial score (nSPS) is 12.2. The summed E-state index contributed by atoms with van der Waals surface area (Å²) in [6.45, 7) is 4.11. The van der Waals surface area contributed by atoms with Gasteiger partial charge in [0.25, 0.3) is 0 Å². The van der Waals surface area contributed by atoms with Gasteiger partial charge >= 0.3 is 0 Å². The first-order chi connectivity index (χ1) is 8.19. The fraction of sp³-hybridized carbons (Fsp3) is 0.333. The van der Waals surface area contributed by atoms with Gasteiger partial charge in [0.2, 0.25) is 0 Å². The maximum Gasteiger partial charge on any atom is 0.115 e. The number of thiazole rings is 1. The largest absolute Gasteiger partial charge is 0.387 e. The molecule has 17 heavy (non-hydrogen) atoms. The number of anilines is 2. The van der Waals surface area contributed by atoms with E-state index in [1.54, 1.807) is 17.5 Å². The van der Waals surface area contributed by atoms with Crippen molar-refractivity contribution in [3.05, 3.63) is 34.5 Å². The number of nitrogens with one attached hydrogen (secondary N) is 2. The maximum atomic E-state index is 4.47. The molecule has 90 valence electrons. The van der Waals surface area contributed by atoms with Gasteiger partial charge in [0, 0.05) is 18.1 Å². The smallest absolute Gasteiger partial charge is 0.115 e. The van der Waals surface area contributed by atoms with E-state index >= 15 is 0 Å². The fourth-order valence-electron chi connectivity index (χ4n) is 1.54. The van der Waals surface area contributed by atoms with Crippen molar-refractivity contribution in [2.24, 2.45) is 0 Å². The average Bonchev–Trinajstić information content (AvgIpc) is 2.76. The molecule has 0 aromatic carbocycles. The molecule has 2 aromatic rings. The third-order valence-corrected chi connectivity index (χ3v) is 3.56. The summed E-state index contributed by atoms with van der Waals surface area (Å²) in [5, 5.41) is 9.62. The highest BCUT2D eigenvalue weighted by Gasteiger charge is 2.09. The van der Waals surface area contributed by atoms with Crippen LogP contribution >= 0.6 is 11.3 Å². The minimum absolute atomic E-state index is 0.197. The van der Waals surface area contributed by atoms with Crippen LogP contribution in [0.2, 0.25) is 0 Å². The van der Waals surface area contributed by atoms with Gasteiger partial charge in [-0.2, -0.15) is 0 Å². The Balaban J connectivity index is 2.09. The number of hydrogen-bond acceptors (Lipinski definition) is 5. The summed E-state index contributed by atoms with van der Waals surface area (Å²) in [6.07, 6.45) is 3.61. The van der Waals surface area contributed by atoms with Crippen LogP contribution in [0.15, 0.2) is 23.8 Å². The van der Waals surface area contributed by atoms with E-state index < -0.39 is 0 Å². The Morgan fingerprint density at radius 1 is 1.29 bits per heavy atom. The molecule has 0 aliphatic carbocycles. The molecule has 0 radical (unpaired) electrons. The quantitative estimate of drug-likeness (QED) is 0.873. The molecular weight excluding hydrogens is 232 g/mol. The van der Waals surface area contributed by atoms with Crippen LogP contribution in [-0.4, -0.2) is 17.0 Å². The van der Waals surface area contributed by atoms with Gasteiger partial charge in [-0.3, -0.25) is 4.98 Å². The Labute approximate surface area is 105 Å². The van der Waals surface area contributed by atoms with Gasteiger partial charge in [0.15, 0.2) is 0 Å². The summed E-state index contributed by atoms with van der Waals surface area (Å²) >= 11 is 1.68. The summed E-state index contributed by atoms with van der Waals surface area (Å²) in [4.78, 5) is 8.63. The van der Waals surface area contributed by atoms with Crippen molar-refractivity contribution in [1.29, 1.82) is 0 Å². The predicted octanol–water partition coefficient (Wildman–Crippen LogP) is 3.06. The Hall–Kier alpha value is -1.62. The molecule has 2 aromatic heterocycles. The molecule has 5 heteroatoms. The number of aryl methyl sites for hydroxylation is 1. The second-order valence-electron chi connectivity index (χ2n) is 3.91. The first-order valence-corrected chi connectivity index (χ1v) is 6.38. The van der Waals surface area contributed by atoms with Gasteiger partial charge in [-0.1, -0.05) is 0 Å². The van der Waals surface area contributed by atoms with Crippen LogP contribution in [0.4, 0.5) is 11.4 Å². The van der Waals surface area contributed by atoms with E-state index in [0.29, 0.717) is 0 Å². The number of hydrogen-bond donors (Lipinski definition) is 2. The van der Waals surface area contributed by atoms with Crippen molar-refractivity contribution in [2.45, 2.75) is 19.9 Å². The highest BCUT2D eigenvalue weighted by Crippen LogP contribution is 2.23. The van der Waals surface area contributed by atoms with Crippen LogP contribution in [-0.2, 0) is 0 Å². The standard InChI is InChI=1S/C12H16N4S/c1-8-7-17-12(15-8)9(2)16-11-4-10(13-3)5-14-6-11/h4-7,9,13,16H,1-3H3. The second-order valence-corrected chi connectivity index (χ2v) is 4.80. The summed E-state index contributed by atoms with van der Waals surface area (Å²) in [5.74, 6) is 0. The predicted molar refractivity (Wildman–Crippen MR) is 72.7 cm³/mol. The van der Waals surface area contributed by atoms with E-state index in [9.17, 15) is 0 Å². The van der Waals surface area contributed by atoms with Crippen LogP contribution in [0, 0.1) is 6.92 Å². The minimum atomic E-state index is 0.197. The lowest BCUT2D eigenvalue weighted by molar-refractivity contribution is 0.862. The molecule has 2 N–H and O–H groups in total. The zero-order valence-electron chi connectivity index (χ0n) is 10.2. The number of aromatic nitrogens is 2.